The predicted molar refractivity (Wildman–Crippen MR) is 68.2 cm³/mol. The summed E-state index contributed by atoms with van der Waals surface area (Å²) < 4.78 is 52.7. The average Bonchev–Trinajstić information content (AvgIpc) is 2.30. The van der Waals surface area contributed by atoms with Crippen LogP contribution in [0.5, 0.6) is 5.75 Å². The average molecular weight is 293 g/mol. The maximum atomic E-state index is 13.2. The van der Waals surface area contributed by atoms with Crippen molar-refractivity contribution in [3.8, 4) is 5.75 Å². The molecule has 0 saturated carbocycles. The van der Waals surface area contributed by atoms with Crippen molar-refractivity contribution in [3.05, 3.63) is 29.8 Å². The summed E-state index contributed by atoms with van der Waals surface area (Å²) >= 11 is 0. The largest absolute Gasteiger partial charge is 0.490 e. The molecule has 0 radical (unpaired) electrons. The molecule has 0 heterocycles. The van der Waals surface area contributed by atoms with E-state index in [9.17, 15) is 17.2 Å². The van der Waals surface area contributed by atoms with Gasteiger partial charge >= 0.3 is 0 Å². The Bertz CT molecular complexity index is 520. The van der Waals surface area contributed by atoms with Gasteiger partial charge in [-0.25, -0.2) is 22.3 Å². The molecule has 0 aliphatic rings. The number of rotatable bonds is 7. The minimum Gasteiger partial charge on any atom is -0.490 e. The van der Waals surface area contributed by atoms with Crippen LogP contribution in [0.4, 0.5) is 8.78 Å². The van der Waals surface area contributed by atoms with Crippen LogP contribution in [0.2, 0.25) is 0 Å². The lowest BCUT2D eigenvalue weighted by molar-refractivity contribution is 0.269. The zero-order valence-corrected chi connectivity index (χ0v) is 11.4. The molecule has 1 aromatic rings. The van der Waals surface area contributed by atoms with E-state index in [1.54, 1.807) is 0 Å². The highest BCUT2D eigenvalue weighted by Gasteiger charge is 2.10. The SMILES string of the molecule is CC(CCOc1cc(F)ccc1F)CCS(N)(=O)=O. The molecule has 19 heavy (non-hydrogen) atoms. The number of sulfonamides is 1. The molecule has 7 heteroatoms. The van der Waals surface area contributed by atoms with E-state index in [2.05, 4.69) is 0 Å². The van der Waals surface area contributed by atoms with Crippen molar-refractivity contribution in [3.63, 3.8) is 0 Å². The number of hydrogen-bond donors (Lipinski definition) is 1. The van der Waals surface area contributed by atoms with Gasteiger partial charge in [-0.2, -0.15) is 0 Å². The fraction of sp³-hybridized carbons (Fsp3) is 0.500. The first-order chi connectivity index (χ1) is 8.78. The molecule has 0 aromatic heterocycles. The van der Waals surface area contributed by atoms with Gasteiger partial charge in [-0.15, -0.1) is 0 Å². The Hall–Kier alpha value is -1.21. The zero-order valence-electron chi connectivity index (χ0n) is 10.6. The van der Waals surface area contributed by atoms with Gasteiger partial charge in [0.15, 0.2) is 11.6 Å². The molecule has 0 amide bonds. The lowest BCUT2D eigenvalue weighted by atomic mass is 10.1. The number of primary sulfonamides is 1. The molecular weight excluding hydrogens is 276 g/mol. The summed E-state index contributed by atoms with van der Waals surface area (Å²) in [5, 5.41) is 4.89. The highest BCUT2D eigenvalue weighted by atomic mass is 32.2. The highest BCUT2D eigenvalue weighted by molar-refractivity contribution is 7.89. The third kappa shape index (κ3) is 6.49. The zero-order chi connectivity index (χ0) is 14.5. The first-order valence-electron chi connectivity index (χ1n) is 5.86. The Labute approximate surface area is 111 Å². The second kappa shape index (κ2) is 6.81. The Morgan fingerprint density at radius 1 is 1.32 bits per heavy atom. The van der Waals surface area contributed by atoms with Crippen LogP contribution in [0.15, 0.2) is 18.2 Å². The van der Waals surface area contributed by atoms with Gasteiger partial charge in [-0.05, 0) is 30.9 Å². The summed E-state index contributed by atoms with van der Waals surface area (Å²) in [6, 6.07) is 2.98. The Balaban J connectivity index is 2.35. The second-order valence-electron chi connectivity index (χ2n) is 4.47. The van der Waals surface area contributed by atoms with Gasteiger partial charge in [0.05, 0.1) is 12.4 Å². The van der Waals surface area contributed by atoms with Crippen LogP contribution in [0.25, 0.3) is 0 Å². The predicted octanol–water partition coefficient (Wildman–Crippen LogP) is 2.05. The third-order valence-corrected chi connectivity index (χ3v) is 3.46. The van der Waals surface area contributed by atoms with E-state index in [4.69, 9.17) is 9.88 Å². The summed E-state index contributed by atoms with van der Waals surface area (Å²) in [5.41, 5.74) is 0. The molecule has 0 aliphatic carbocycles. The molecule has 1 aromatic carbocycles. The van der Waals surface area contributed by atoms with Crippen molar-refractivity contribution in [2.75, 3.05) is 12.4 Å². The summed E-state index contributed by atoms with van der Waals surface area (Å²) in [6.07, 6.45) is 0.944. The van der Waals surface area contributed by atoms with Crippen molar-refractivity contribution in [1.29, 1.82) is 0 Å². The summed E-state index contributed by atoms with van der Waals surface area (Å²) in [6.45, 7) is 2.03. The van der Waals surface area contributed by atoms with E-state index < -0.39 is 21.7 Å². The molecule has 0 spiro atoms. The molecule has 2 N–H and O–H groups in total. The molecule has 4 nitrogen and oxygen atoms in total. The standard InChI is InChI=1S/C12H17F2NO3S/c1-9(5-7-19(15,16)17)4-6-18-12-8-10(13)2-3-11(12)14/h2-3,8-9H,4-7H2,1H3,(H2,15,16,17). The molecule has 0 fully saturated rings. The molecule has 1 atom stereocenters. The number of ether oxygens (including phenoxy) is 1. The Morgan fingerprint density at radius 2 is 2.00 bits per heavy atom. The Kier molecular flexibility index (Phi) is 5.68. The number of hydrogen-bond acceptors (Lipinski definition) is 3. The van der Waals surface area contributed by atoms with Crippen molar-refractivity contribution < 1.29 is 21.9 Å². The maximum absolute atomic E-state index is 13.2. The van der Waals surface area contributed by atoms with E-state index in [0.717, 1.165) is 18.2 Å². The van der Waals surface area contributed by atoms with Crippen LogP contribution in [0.3, 0.4) is 0 Å². The smallest absolute Gasteiger partial charge is 0.209 e. The van der Waals surface area contributed by atoms with Crippen LogP contribution in [-0.4, -0.2) is 20.8 Å². The van der Waals surface area contributed by atoms with Crippen LogP contribution in [0, 0.1) is 17.6 Å². The van der Waals surface area contributed by atoms with Gasteiger partial charge in [0, 0.05) is 6.07 Å². The molecule has 0 saturated heterocycles. The van der Waals surface area contributed by atoms with Crippen LogP contribution in [-0.2, 0) is 10.0 Å². The van der Waals surface area contributed by atoms with Crippen molar-refractivity contribution >= 4 is 10.0 Å². The minimum absolute atomic E-state index is 0.0648. The van der Waals surface area contributed by atoms with Crippen molar-refractivity contribution in [2.24, 2.45) is 11.1 Å². The minimum atomic E-state index is -3.46. The van der Waals surface area contributed by atoms with Gasteiger partial charge in [0.2, 0.25) is 10.0 Å². The van der Waals surface area contributed by atoms with E-state index in [1.807, 2.05) is 6.92 Å². The molecule has 108 valence electrons. The van der Waals surface area contributed by atoms with Gasteiger partial charge in [0.1, 0.15) is 5.82 Å². The second-order valence-corrected chi connectivity index (χ2v) is 6.21. The van der Waals surface area contributed by atoms with Gasteiger partial charge in [-0.1, -0.05) is 6.92 Å². The molecule has 0 bridgehead atoms. The summed E-state index contributed by atoms with van der Waals surface area (Å²) in [7, 11) is -3.46. The monoisotopic (exact) mass is 293 g/mol. The molecule has 0 aliphatic heterocycles. The first kappa shape index (κ1) is 15.8. The van der Waals surface area contributed by atoms with Gasteiger partial charge in [0.25, 0.3) is 0 Å². The van der Waals surface area contributed by atoms with Crippen LogP contribution >= 0.6 is 0 Å². The number of nitrogens with two attached hydrogens (primary N) is 1. The van der Waals surface area contributed by atoms with Gasteiger partial charge in [-0.3, -0.25) is 0 Å². The van der Waals surface area contributed by atoms with Crippen molar-refractivity contribution in [2.45, 2.75) is 19.8 Å². The van der Waals surface area contributed by atoms with Gasteiger partial charge < -0.3 is 4.74 Å². The van der Waals surface area contributed by atoms with Crippen LogP contribution in [0.1, 0.15) is 19.8 Å². The maximum Gasteiger partial charge on any atom is 0.209 e. The lowest BCUT2D eigenvalue weighted by Crippen LogP contribution is -2.18. The van der Waals surface area contributed by atoms with E-state index in [0.29, 0.717) is 12.8 Å². The van der Waals surface area contributed by atoms with E-state index in [1.165, 1.54) is 0 Å². The highest BCUT2D eigenvalue weighted by Crippen LogP contribution is 2.19. The van der Waals surface area contributed by atoms with Crippen molar-refractivity contribution in [1.82, 2.24) is 0 Å². The molecular formula is C12H17F2NO3S. The molecule has 1 rings (SSSR count). The summed E-state index contributed by atoms with van der Waals surface area (Å²) in [4.78, 5) is 0. The van der Waals surface area contributed by atoms with E-state index in [-0.39, 0.29) is 24.0 Å². The van der Waals surface area contributed by atoms with Crippen LogP contribution < -0.4 is 9.88 Å². The number of benzene rings is 1. The third-order valence-electron chi connectivity index (χ3n) is 2.66. The normalized spacial score (nSPS) is 13.3. The fourth-order valence-corrected chi connectivity index (χ4v) is 2.20. The summed E-state index contributed by atoms with van der Waals surface area (Å²) in [5.74, 6) is -1.37. The fourth-order valence-electron chi connectivity index (χ4n) is 1.47. The number of halogens is 2. The quantitative estimate of drug-likeness (QED) is 0.836. The topological polar surface area (TPSA) is 69.4 Å². The lowest BCUT2D eigenvalue weighted by Gasteiger charge is -2.12. The Morgan fingerprint density at radius 3 is 2.63 bits per heavy atom. The first-order valence-corrected chi connectivity index (χ1v) is 7.58. The molecule has 1 unspecified atom stereocenters. The van der Waals surface area contributed by atoms with E-state index >= 15 is 0 Å².